The second-order valence-electron chi connectivity index (χ2n) is 8.79. The number of aromatic hydroxyl groups is 1. The zero-order valence-electron chi connectivity index (χ0n) is 16.9. The van der Waals surface area contributed by atoms with Gasteiger partial charge in [-0.3, -0.25) is 0 Å². The topological polar surface area (TPSA) is 85.1 Å². The van der Waals surface area contributed by atoms with Crippen LogP contribution >= 0.6 is 0 Å². The number of piperidine rings is 2. The number of nitrogens with one attached hydrogen (secondary N) is 1. The molecule has 2 aliphatic heterocycles. The third-order valence-corrected chi connectivity index (χ3v) is 6.62. The van der Waals surface area contributed by atoms with Crippen molar-refractivity contribution >= 4 is 0 Å². The van der Waals surface area contributed by atoms with Gasteiger partial charge in [-0.15, -0.1) is 10.2 Å². The van der Waals surface area contributed by atoms with E-state index in [4.69, 9.17) is 4.74 Å². The van der Waals surface area contributed by atoms with E-state index in [-0.39, 0.29) is 11.2 Å². The Kier molecular flexibility index (Phi) is 4.28. The first kappa shape index (κ1) is 19.0. The lowest BCUT2D eigenvalue weighted by Gasteiger charge is -2.56. The van der Waals surface area contributed by atoms with Crippen LogP contribution < -0.4 is 10.1 Å². The van der Waals surface area contributed by atoms with Gasteiger partial charge in [-0.05, 0) is 38.0 Å². The van der Waals surface area contributed by atoms with E-state index < -0.39 is 17.8 Å². The number of phenolic OH excluding ortho intramolecular Hbond substituents is 1. The standard InChI is InChI=1S/C22H24FN5O2/c1-21-7-8-22(2,25-12-21)19(23)20(21)30-18-6-5-16(26-27-18)15-4-3-14(11-17(15)29)28-10-9-24-13-28/h3-6,9-11,13,19-20,25,29H,7-8,12H2,1-2H3/t19-,20+,21-,22-/m1/s1. The van der Waals surface area contributed by atoms with Gasteiger partial charge in [-0.2, -0.15) is 0 Å². The minimum atomic E-state index is -1.12. The smallest absolute Gasteiger partial charge is 0.233 e. The molecule has 4 heterocycles. The molecule has 2 aromatic heterocycles. The Hall–Kier alpha value is -3.00. The van der Waals surface area contributed by atoms with E-state index in [9.17, 15) is 5.11 Å². The van der Waals surface area contributed by atoms with Crippen molar-refractivity contribution in [3.63, 3.8) is 0 Å². The Morgan fingerprint density at radius 3 is 2.70 bits per heavy atom. The third kappa shape index (κ3) is 3.02. The molecule has 0 spiro atoms. The molecular weight excluding hydrogens is 385 g/mol. The number of ether oxygens (including phenoxy) is 1. The molecule has 3 aromatic rings. The molecule has 7 nitrogen and oxygen atoms in total. The molecule has 0 radical (unpaired) electrons. The first-order valence-electron chi connectivity index (χ1n) is 10.1. The predicted octanol–water partition coefficient (Wildman–Crippen LogP) is 3.28. The third-order valence-electron chi connectivity index (χ3n) is 6.62. The van der Waals surface area contributed by atoms with E-state index in [0.717, 1.165) is 25.1 Å². The van der Waals surface area contributed by atoms with Crippen LogP contribution in [-0.2, 0) is 0 Å². The summed E-state index contributed by atoms with van der Waals surface area (Å²) >= 11 is 0. The number of rotatable bonds is 4. The molecule has 3 fully saturated rings. The Morgan fingerprint density at radius 1 is 1.20 bits per heavy atom. The van der Waals surface area contributed by atoms with Crippen LogP contribution in [0.1, 0.15) is 26.7 Å². The summed E-state index contributed by atoms with van der Waals surface area (Å²) in [7, 11) is 0. The summed E-state index contributed by atoms with van der Waals surface area (Å²) in [6, 6.07) is 8.69. The number of hydrogen-bond donors (Lipinski definition) is 2. The van der Waals surface area contributed by atoms with Crippen molar-refractivity contribution in [2.45, 2.75) is 44.5 Å². The molecule has 0 amide bonds. The molecule has 2 saturated heterocycles. The van der Waals surface area contributed by atoms with E-state index in [1.165, 1.54) is 0 Å². The summed E-state index contributed by atoms with van der Waals surface area (Å²) in [5.41, 5.74) is 1.02. The summed E-state index contributed by atoms with van der Waals surface area (Å²) in [6.07, 6.45) is 5.14. The maximum atomic E-state index is 15.1. The fourth-order valence-electron chi connectivity index (χ4n) is 4.46. The van der Waals surface area contributed by atoms with Gasteiger partial charge < -0.3 is 19.7 Å². The molecule has 2 N–H and O–H groups in total. The van der Waals surface area contributed by atoms with Crippen LogP contribution in [0.15, 0.2) is 49.1 Å². The molecular formula is C22H24FN5O2. The number of aromatic nitrogens is 4. The summed E-state index contributed by atoms with van der Waals surface area (Å²) in [5, 5.41) is 22.1. The van der Waals surface area contributed by atoms with Gasteiger partial charge in [0.25, 0.3) is 0 Å². The summed E-state index contributed by atoms with van der Waals surface area (Å²) in [6.45, 7) is 4.69. The van der Waals surface area contributed by atoms with Gasteiger partial charge >= 0.3 is 0 Å². The van der Waals surface area contributed by atoms with Crippen molar-refractivity contribution in [2.75, 3.05) is 6.54 Å². The van der Waals surface area contributed by atoms with Crippen LogP contribution in [-0.4, -0.2) is 49.2 Å². The number of nitrogens with zero attached hydrogens (tertiary/aromatic N) is 4. The molecule has 30 heavy (non-hydrogen) atoms. The van der Waals surface area contributed by atoms with Crippen LogP contribution in [0.5, 0.6) is 11.6 Å². The van der Waals surface area contributed by atoms with Gasteiger partial charge in [0, 0.05) is 42.0 Å². The monoisotopic (exact) mass is 409 g/mol. The average molecular weight is 409 g/mol. The van der Waals surface area contributed by atoms with Crippen molar-refractivity contribution < 1.29 is 14.2 Å². The van der Waals surface area contributed by atoms with Gasteiger partial charge in [0.05, 0.1) is 23.2 Å². The molecule has 4 atom stereocenters. The van der Waals surface area contributed by atoms with E-state index in [0.29, 0.717) is 17.1 Å². The number of hydrogen-bond acceptors (Lipinski definition) is 6. The largest absolute Gasteiger partial charge is 0.507 e. The van der Waals surface area contributed by atoms with Crippen LogP contribution in [0.4, 0.5) is 4.39 Å². The first-order chi connectivity index (χ1) is 14.4. The summed E-state index contributed by atoms with van der Waals surface area (Å²) < 4.78 is 22.9. The zero-order chi connectivity index (χ0) is 20.9. The van der Waals surface area contributed by atoms with Crippen molar-refractivity contribution in [1.82, 2.24) is 25.1 Å². The van der Waals surface area contributed by atoms with Crippen LogP contribution in [0.2, 0.25) is 0 Å². The second kappa shape index (κ2) is 6.77. The van der Waals surface area contributed by atoms with E-state index >= 15 is 4.39 Å². The highest BCUT2D eigenvalue weighted by Gasteiger charge is 2.58. The van der Waals surface area contributed by atoms with E-state index in [2.05, 4.69) is 27.4 Å². The Labute approximate surface area is 173 Å². The molecule has 156 valence electrons. The fraction of sp³-hybridized carbons (Fsp3) is 0.409. The normalized spacial score (nSPS) is 30.4. The number of benzene rings is 1. The van der Waals surface area contributed by atoms with E-state index in [1.807, 2.05) is 13.0 Å². The molecule has 2 bridgehead atoms. The SMILES string of the molecule is C[C@@]12CC[C@@](C)(NC1)[C@H](F)[C@@H]2Oc1ccc(-c2ccc(-n3ccnc3)cc2O)nn1. The number of imidazole rings is 1. The molecule has 1 saturated carbocycles. The van der Waals surface area contributed by atoms with Crippen molar-refractivity contribution in [1.29, 1.82) is 0 Å². The quantitative estimate of drug-likeness (QED) is 0.688. The Bertz CT molecular complexity index is 1050. The number of halogens is 1. The maximum Gasteiger partial charge on any atom is 0.233 e. The molecule has 1 aromatic carbocycles. The van der Waals surface area contributed by atoms with Crippen molar-refractivity contribution in [3.8, 4) is 28.6 Å². The van der Waals surface area contributed by atoms with Gasteiger partial charge in [0.15, 0.2) is 6.17 Å². The highest BCUT2D eigenvalue weighted by molar-refractivity contribution is 5.68. The number of phenols is 1. The van der Waals surface area contributed by atoms with Crippen molar-refractivity contribution in [3.05, 3.63) is 49.1 Å². The minimum Gasteiger partial charge on any atom is -0.507 e. The fourth-order valence-corrected chi connectivity index (χ4v) is 4.46. The lowest BCUT2D eigenvalue weighted by molar-refractivity contribution is -0.120. The second-order valence-corrected chi connectivity index (χ2v) is 8.79. The maximum absolute atomic E-state index is 15.1. The summed E-state index contributed by atoms with van der Waals surface area (Å²) in [5.74, 6) is 0.377. The Balaban J connectivity index is 1.36. The van der Waals surface area contributed by atoms with Crippen LogP contribution in [0.3, 0.4) is 0 Å². The average Bonchev–Trinajstić information content (AvgIpc) is 3.28. The lowest BCUT2D eigenvalue weighted by Crippen LogP contribution is -2.72. The highest BCUT2D eigenvalue weighted by atomic mass is 19.1. The predicted molar refractivity (Wildman–Crippen MR) is 109 cm³/mol. The Morgan fingerprint density at radius 2 is 2.07 bits per heavy atom. The number of alkyl halides is 1. The lowest BCUT2D eigenvalue weighted by atomic mass is 9.61. The zero-order valence-corrected chi connectivity index (χ0v) is 16.9. The number of fused-ring (bicyclic) bond motifs is 3. The minimum absolute atomic E-state index is 0.0871. The van der Waals surface area contributed by atoms with Crippen molar-refractivity contribution in [2.24, 2.45) is 5.41 Å². The molecule has 8 heteroatoms. The first-order valence-corrected chi connectivity index (χ1v) is 10.1. The molecule has 6 rings (SSSR count). The van der Waals surface area contributed by atoms with Gasteiger partial charge in [0.2, 0.25) is 5.88 Å². The molecule has 1 aliphatic carbocycles. The van der Waals surface area contributed by atoms with Gasteiger partial charge in [-0.25, -0.2) is 9.37 Å². The summed E-state index contributed by atoms with van der Waals surface area (Å²) in [4.78, 5) is 4.01. The van der Waals surface area contributed by atoms with E-state index in [1.54, 1.807) is 47.6 Å². The van der Waals surface area contributed by atoms with Crippen LogP contribution in [0.25, 0.3) is 16.9 Å². The van der Waals surface area contributed by atoms with Gasteiger partial charge in [0.1, 0.15) is 11.9 Å². The van der Waals surface area contributed by atoms with Gasteiger partial charge in [-0.1, -0.05) is 6.92 Å². The molecule has 3 aliphatic rings. The highest BCUT2D eigenvalue weighted by Crippen LogP contribution is 2.48. The molecule has 0 unspecified atom stereocenters. The van der Waals surface area contributed by atoms with Crippen LogP contribution in [0, 0.1) is 5.41 Å².